The minimum Gasteiger partial charge on any atom is -0.459 e. The van der Waals surface area contributed by atoms with Crippen molar-refractivity contribution >= 4 is 5.91 Å². The molecule has 31 heavy (non-hydrogen) atoms. The van der Waals surface area contributed by atoms with E-state index in [2.05, 4.69) is 4.90 Å². The number of amides is 1. The Balaban J connectivity index is 1.35. The molecule has 1 saturated heterocycles. The number of carbonyl (C=O) groups is 1. The van der Waals surface area contributed by atoms with Gasteiger partial charge in [-0.3, -0.25) is 9.69 Å². The molecule has 2 heterocycles. The molecular weight excluding hydrogens is 409 g/mol. The highest BCUT2D eigenvalue weighted by Crippen LogP contribution is 2.32. The summed E-state index contributed by atoms with van der Waals surface area (Å²) in [6.07, 6.45) is -2.93. The fourth-order valence-electron chi connectivity index (χ4n) is 3.50. The highest BCUT2D eigenvalue weighted by Gasteiger charge is 2.30. The van der Waals surface area contributed by atoms with E-state index in [1.165, 1.54) is 18.4 Å². The van der Waals surface area contributed by atoms with Gasteiger partial charge in [0.15, 0.2) is 5.76 Å². The van der Waals surface area contributed by atoms with E-state index in [0.717, 1.165) is 17.7 Å². The van der Waals surface area contributed by atoms with Gasteiger partial charge < -0.3 is 14.1 Å². The van der Waals surface area contributed by atoms with Crippen molar-refractivity contribution < 1.29 is 27.1 Å². The lowest BCUT2D eigenvalue weighted by molar-refractivity contribution is -0.137. The Labute approximate surface area is 177 Å². The van der Waals surface area contributed by atoms with E-state index in [4.69, 9.17) is 9.15 Å². The zero-order chi connectivity index (χ0) is 21.8. The van der Waals surface area contributed by atoms with Gasteiger partial charge in [-0.15, -0.1) is 0 Å². The molecule has 0 aliphatic carbocycles. The molecule has 1 aromatic heterocycles. The standard InChI is InChI=1S/C23H21F3N2O3/c24-23(25,26)18-5-2-7-20(15-18)31-19-6-1-4-17(14-19)16-27-9-11-28(12-10-27)22(29)21-8-3-13-30-21/h1-8,13-15H,9-12,16H2. The predicted octanol–water partition coefficient (Wildman–Crippen LogP) is 5.05. The van der Waals surface area contributed by atoms with Gasteiger partial charge in [-0.1, -0.05) is 18.2 Å². The largest absolute Gasteiger partial charge is 0.459 e. The highest BCUT2D eigenvalue weighted by atomic mass is 19.4. The maximum absolute atomic E-state index is 12.9. The first kappa shape index (κ1) is 21.0. The van der Waals surface area contributed by atoms with E-state index >= 15 is 0 Å². The van der Waals surface area contributed by atoms with Crippen molar-refractivity contribution in [3.63, 3.8) is 0 Å². The van der Waals surface area contributed by atoms with Crippen molar-refractivity contribution in [2.75, 3.05) is 26.2 Å². The van der Waals surface area contributed by atoms with Crippen LogP contribution in [0.3, 0.4) is 0 Å². The molecule has 4 rings (SSSR count). The van der Waals surface area contributed by atoms with Crippen LogP contribution >= 0.6 is 0 Å². The topological polar surface area (TPSA) is 45.9 Å². The predicted molar refractivity (Wildman–Crippen MR) is 108 cm³/mol. The molecule has 3 aromatic rings. The number of ether oxygens (including phenoxy) is 1. The number of furan rings is 1. The molecule has 0 bridgehead atoms. The SMILES string of the molecule is O=C(c1ccco1)N1CCN(Cc2cccc(Oc3cccc(C(F)(F)F)c3)c2)CC1. The molecule has 0 N–H and O–H groups in total. The third-order valence-electron chi connectivity index (χ3n) is 5.09. The van der Waals surface area contributed by atoms with Crippen molar-refractivity contribution in [2.24, 2.45) is 0 Å². The molecule has 1 fully saturated rings. The normalized spacial score (nSPS) is 15.1. The van der Waals surface area contributed by atoms with Crippen LogP contribution in [-0.4, -0.2) is 41.9 Å². The van der Waals surface area contributed by atoms with Crippen LogP contribution in [-0.2, 0) is 12.7 Å². The summed E-state index contributed by atoms with van der Waals surface area (Å²) >= 11 is 0. The van der Waals surface area contributed by atoms with Crippen molar-refractivity contribution in [1.82, 2.24) is 9.80 Å². The molecule has 0 saturated carbocycles. The Morgan fingerprint density at radius 3 is 2.32 bits per heavy atom. The fraction of sp³-hybridized carbons (Fsp3) is 0.261. The van der Waals surface area contributed by atoms with Crippen LogP contribution < -0.4 is 4.74 Å². The summed E-state index contributed by atoms with van der Waals surface area (Å²) in [5.41, 5.74) is 0.235. The van der Waals surface area contributed by atoms with Crippen LogP contribution in [0.2, 0.25) is 0 Å². The Hall–Kier alpha value is -3.26. The molecule has 0 spiro atoms. The second kappa shape index (κ2) is 8.85. The quantitative estimate of drug-likeness (QED) is 0.569. The number of rotatable bonds is 5. The van der Waals surface area contributed by atoms with Crippen molar-refractivity contribution in [2.45, 2.75) is 12.7 Å². The number of hydrogen-bond acceptors (Lipinski definition) is 4. The van der Waals surface area contributed by atoms with Gasteiger partial charge in [-0.2, -0.15) is 13.2 Å². The van der Waals surface area contributed by atoms with Crippen molar-refractivity contribution in [3.8, 4) is 11.5 Å². The number of halogens is 3. The Bertz CT molecular complexity index is 1030. The monoisotopic (exact) mass is 430 g/mol. The van der Waals surface area contributed by atoms with Gasteiger partial charge in [0.2, 0.25) is 0 Å². The van der Waals surface area contributed by atoms with Crippen LogP contribution in [0, 0.1) is 0 Å². The third-order valence-corrected chi connectivity index (χ3v) is 5.09. The number of alkyl halides is 3. The lowest BCUT2D eigenvalue weighted by Gasteiger charge is -2.34. The van der Waals surface area contributed by atoms with E-state index in [1.807, 2.05) is 18.2 Å². The molecule has 0 atom stereocenters. The molecule has 2 aromatic carbocycles. The number of hydrogen-bond donors (Lipinski definition) is 0. The highest BCUT2D eigenvalue weighted by molar-refractivity contribution is 5.91. The molecular formula is C23H21F3N2O3. The van der Waals surface area contributed by atoms with Crippen molar-refractivity contribution in [3.05, 3.63) is 83.8 Å². The maximum atomic E-state index is 12.9. The van der Waals surface area contributed by atoms with Crippen LogP contribution in [0.5, 0.6) is 11.5 Å². The minimum absolute atomic E-state index is 0.110. The summed E-state index contributed by atoms with van der Waals surface area (Å²) in [6, 6.07) is 15.5. The number of nitrogens with zero attached hydrogens (tertiary/aromatic N) is 2. The zero-order valence-electron chi connectivity index (χ0n) is 16.6. The average Bonchev–Trinajstić information content (AvgIpc) is 3.29. The van der Waals surface area contributed by atoms with Crippen LogP contribution in [0.4, 0.5) is 13.2 Å². The lowest BCUT2D eigenvalue weighted by Crippen LogP contribution is -2.48. The molecule has 1 aliphatic rings. The second-order valence-electron chi connectivity index (χ2n) is 7.32. The van der Waals surface area contributed by atoms with E-state index in [1.54, 1.807) is 23.1 Å². The Morgan fingerprint density at radius 2 is 1.65 bits per heavy atom. The first-order valence-electron chi connectivity index (χ1n) is 9.88. The maximum Gasteiger partial charge on any atom is 0.416 e. The Morgan fingerprint density at radius 1 is 0.935 bits per heavy atom. The van der Waals surface area contributed by atoms with Gasteiger partial charge in [0.25, 0.3) is 5.91 Å². The minimum atomic E-state index is -4.41. The van der Waals surface area contributed by atoms with Gasteiger partial charge >= 0.3 is 6.18 Å². The first-order chi connectivity index (χ1) is 14.9. The number of piperazine rings is 1. The second-order valence-corrected chi connectivity index (χ2v) is 7.32. The van der Waals surface area contributed by atoms with Gasteiger partial charge in [0.1, 0.15) is 11.5 Å². The molecule has 5 nitrogen and oxygen atoms in total. The van der Waals surface area contributed by atoms with Gasteiger partial charge in [-0.05, 0) is 48.0 Å². The molecule has 8 heteroatoms. The van der Waals surface area contributed by atoms with Gasteiger partial charge in [0.05, 0.1) is 11.8 Å². The lowest BCUT2D eigenvalue weighted by atomic mass is 10.1. The average molecular weight is 430 g/mol. The zero-order valence-corrected chi connectivity index (χ0v) is 16.6. The summed E-state index contributed by atoms with van der Waals surface area (Å²) in [5, 5.41) is 0. The van der Waals surface area contributed by atoms with Gasteiger partial charge in [0, 0.05) is 32.7 Å². The van der Waals surface area contributed by atoms with Crippen LogP contribution in [0.1, 0.15) is 21.7 Å². The number of carbonyl (C=O) groups excluding carboxylic acids is 1. The van der Waals surface area contributed by atoms with E-state index in [-0.39, 0.29) is 11.7 Å². The smallest absolute Gasteiger partial charge is 0.416 e. The molecule has 1 amide bonds. The number of benzene rings is 2. The summed E-state index contributed by atoms with van der Waals surface area (Å²) in [5.74, 6) is 0.842. The third kappa shape index (κ3) is 5.27. The van der Waals surface area contributed by atoms with Crippen LogP contribution in [0.15, 0.2) is 71.3 Å². The molecule has 162 valence electrons. The molecule has 0 radical (unpaired) electrons. The van der Waals surface area contributed by atoms with Gasteiger partial charge in [-0.25, -0.2) is 0 Å². The molecule has 0 unspecified atom stereocenters. The summed E-state index contributed by atoms with van der Waals surface area (Å²) < 4.78 is 49.5. The summed E-state index contributed by atoms with van der Waals surface area (Å²) in [4.78, 5) is 16.3. The van der Waals surface area contributed by atoms with Crippen LogP contribution in [0.25, 0.3) is 0 Å². The van der Waals surface area contributed by atoms with E-state index in [0.29, 0.717) is 44.2 Å². The van der Waals surface area contributed by atoms with E-state index in [9.17, 15) is 18.0 Å². The Kier molecular flexibility index (Phi) is 5.99. The summed E-state index contributed by atoms with van der Waals surface area (Å²) in [7, 11) is 0. The first-order valence-corrected chi connectivity index (χ1v) is 9.88. The van der Waals surface area contributed by atoms with Crippen molar-refractivity contribution in [1.29, 1.82) is 0 Å². The van der Waals surface area contributed by atoms with E-state index < -0.39 is 11.7 Å². The fourth-order valence-corrected chi connectivity index (χ4v) is 3.50. The summed E-state index contributed by atoms with van der Waals surface area (Å²) in [6.45, 7) is 3.28. The molecule has 1 aliphatic heterocycles.